The Kier molecular flexibility index (Phi) is 3.99. The van der Waals surface area contributed by atoms with Crippen LogP contribution in [0.25, 0.3) is 0 Å². The predicted molar refractivity (Wildman–Crippen MR) is 77.6 cm³/mol. The lowest BCUT2D eigenvalue weighted by molar-refractivity contribution is 0.625. The lowest BCUT2D eigenvalue weighted by atomic mass is 10.1. The molecule has 0 bridgehead atoms. The van der Waals surface area contributed by atoms with Crippen LogP contribution in [0.4, 0.5) is 10.1 Å². The molecule has 0 atom stereocenters. The van der Waals surface area contributed by atoms with E-state index in [-0.39, 0.29) is 5.82 Å². The number of aryl methyl sites for hydroxylation is 1. The molecule has 0 spiro atoms. The van der Waals surface area contributed by atoms with Gasteiger partial charge in [0.1, 0.15) is 5.82 Å². The van der Waals surface area contributed by atoms with Crippen LogP contribution in [0, 0.1) is 16.3 Å². The Bertz CT molecular complexity index is 525. The van der Waals surface area contributed by atoms with E-state index in [4.69, 9.17) is 0 Å². The first-order valence-corrected chi connectivity index (χ1v) is 6.48. The third-order valence-corrected chi connectivity index (χ3v) is 3.60. The summed E-state index contributed by atoms with van der Waals surface area (Å²) in [4.78, 5) is 0. The molecule has 0 aromatic heterocycles. The minimum absolute atomic E-state index is 0.185. The summed E-state index contributed by atoms with van der Waals surface area (Å²) in [6, 6.07) is 12.9. The zero-order valence-electron chi connectivity index (χ0n) is 9.50. The zero-order valence-corrected chi connectivity index (χ0v) is 11.7. The molecule has 2 rings (SSSR count). The van der Waals surface area contributed by atoms with Crippen molar-refractivity contribution in [3.63, 3.8) is 0 Å². The van der Waals surface area contributed by atoms with Crippen molar-refractivity contribution in [1.82, 2.24) is 0 Å². The lowest BCUT2D eigenvalue weighted by Gasteiger charge is -2.10. The summed E-state index contributed by atoms with van der Waals surface area (Å²) in [6.45, 7) is 2.63. The molecule has 3 heteroatoms. The van der Waals surface area contributed by atoms with E-state index in [0.717, 1.165) is 16.8 Å². The van der Waals surface area contributed by atoms with Gasteiger partial charge in [-0.1, -0.05) is 18.2 Å². The molecule has 88 valence electrons. The smallest absolute Gasteiger partial charge is 0.123 e. The maximum Gasteiger partial charge on any atom is 0.123 e. The van der Waals surface area contributed by atoms with Gasteiger partial charge in [0.05, 0.1) is 0 Å². The minimum atomic E-state index is -0.185. The molecule has 0 aliphatic rings. The van der Waals surface area contributed by atoms with Crippen molar-refractivity contribution in [1.29, 1.82) is 0 Å². The van der Waals surface area contributed by atoms with Crippen LogP contribution in [0.15, 0.2) is 42.5 Å². The second kappa shape index (κ2) is 5.49. The summed E-state index contributed by atoms with van der Waals surface area (Å²) in [7, 11) is 0. The highest BCUT2D eigenvalue weighted by atomic mass is 127. The number of hydrogen-bond donors (Lipinski definition) is 1. The Hall–Kier alpha value is -1.10. The van der Waals surface area contributed by atoms with Gasteiger partial charge in [0.15, 0.2) is 0 Å². The highest BCUT2D eigenvalue weighted by Crippen LogP contribution is 2.19. The van der Waals surface area contributed by atoms with Crippen molar-refractivity contribution in [2.24, 2.45) is 0 Å². The first-order valence-electron chi connectivity index (χ1n) is 5.40. The summed E-state index contributed by atoms with van der Waals surface area (Å²) in [5.74, 6) is -0.185. The van der Waals surface area contributed by atoms with E-state index in [1.165, 1.54) is 9.64 Å². The molecule has 0 aliphatic heterocycles. The SMILES string of the molecule is Cc1ccc(F)cc1CNc1ccccc1I. The van der Waals surface area contributed by atoms with Gasteiger partial charge in [-0.25, -0.2) is 4.39 Å². The maximum atomic E-state index is 13.1. The highest BCUT2D eigenvalue weighted by molar-refractivity contribution is 14.1. The van der Waals surface area contributed by atoms with Gasteiger partial charge in [-0.3, -0.25) is 0 Å². The Labute approximate surface area is 114 Å². The third kappa shape index (κ3) is 3.19. The third-order valence-electron chi connectivity index (χ3n) is 2.65. The van der Waals surface area contributed by atoms with E-state index in [9.17, 15) is 4.39 Å². The number of rotatable bonds is 3. The molecular formula is C14H13FIN. The first-order chi connectivity index (χ1) is 8.16. The summed E-state index contributed by atoms with van der Waals surface area (Å²) >= 11 is 2.28. The second-order valence-corrected chi connectivity index (χ2v) is 5.07. The van der Waals surface area contributed by atoms with Gasteiger partial charge in [-0.15, -0.1) is 0 Å². The standard InChI is InChI=1S/C14H13FIN/c1-10-6-7-12(15)8-11(10)9-17-14-5-3-2-4-13(14)16/h2-8,17H,9H2,1H3. The zero-order chi connectivity index (χ0) is 12.3. The molecule has 2 aromatic rings. The van der Waals surface area contributed by atoms with Crippen LogP contribution in [0.2, 0.25) is 0 Å². The Morgan fingerprint density at radius 3 is 2.71 bits per heavy atom. The van der Waals surface area contributed by atoms with Gasteiger partial charge >= 0.3 is 0 Å². The molecule has 0 saturated carbocycles. The van der Waals surface area contributed by atoms with Crippen LogP contribution < -0.4 is 5.32 Å². The summed E-state index contributed by atoms with van der Waals surface area (Å²) in [6.07, 6.45) is 0. The number of hydrogen-bond acceptors (Lipinski definition) is 1. The number of halogens is 2. The normalized spacial score (nSPS) is 10.3. The number of nitrogens with one attached hydrogen (secondary N) is 1. The number of anilines is 1. The minimum Gasteiger partial charge on any atom is -0.380 e. The lowest BCUT2D eigenvalue weighted by Crippen LogP contribution is -2.03. The summed E-state index contributed by atoms with van der Waals surface area (Å²) in [5, 5.41) is 3.32. The van der Waals surface area contributed by atoms with Gasteiger partial charge in [0.25, 0.3) is 0 Å². The van der Waals surface area contributed by atoms with Crippen molar-refractivity contribution in [2.75, 3.05) is 5.32 Å². The molecule has 0 heterocycles. The molecule has 0 amide bonds. The van der Waals surface area contributed by atoms with E-state index < -0.39 is 0 Å². The Balaban J connectivity index is 2.12. The van der Waals surface area contributed by atoms with E-state index in [1.54, 1.807) is 6.07 Å². The fourth-order valence-electron chi connectivity index (χ4n) is 1.63. The molecule has 0 saturated heterocycles. The molecule has 0 fully saturated rings. The van der Waals surface area contributed by atoms with Crippen LogP contribution >= 0.6 is 22.6 Å². The highest BCUT2D eigenvalue weighted by Gasteiger charge is 2.02. The van der Waals surface area contributed by atoms with E-state index in [0.29, 0.717) is 6.54 Å². The average Bonchev–Trinajstić information content (AvgIpc) is 2.32. The van der Waals surface area contributed by atoms with Gasteiger partial charge in [0.2, 0.25) is 0 Å². The van der Waals surface area contributed by atoms with Gasteiger partial charge in [0, 0.05) is 15.8 Å². The maximum absolute atomic E-state index is 13.1. The van der Waals surface area contributed by atoms with Crippen LogP contribution in [0.1, 0.15) is 11.1 Å². The quantitative estimate of drug-likeness (QED) is 0.819. The molecule has 2 aromatic carbocycles. The monoisotopic (exact) mass is 341 g/mol. The van der Waals surface area contributed by atoms with Crippen molar-refractivity contribution < 1.29 is 4.39 Å². The molecule has 1 nitrogen and oxygen atoms in total. The molecular weight excluding hydrogens is 328 g/mol. The first kappa shape index (κ1) is 12.4. The molecule has 0 radical (unpaired) electrons. The number of para-hydroxylation sites is 1. The average molecular weight is 341 g/mol. The van der Waals surface area contributed by atoms with Crippen LogP contribution in [-0.4, -0.2) is 0 Å². The fourth-order valence-corrected chi connectivity index (χ4v) is 2.20. The fraction of sp³-hybridized carbons (Fsp3) is 0.143. The van der Waals surface area contributed by atoms with Gasteiger partial charge < -0.3 is 5.32 Å². The molecule has 0 unspecified atom stereocenters. The van der Waals surface area contributed by atoms with E-state index in [2.05, 4.69) is 27.9 Å². The van der Waals surface area contributed by atoms with Gasteiger partial charge in [-0.2, -0.15) is 0 Å². The molecule has 1 N–H and O–H groups in total. The van der Waals surface area contributed by atoms with Crippen molar-refractivity contribution >= 4 is 28.3 Å². The van der Waals surface area contributed by atoms with Crippen LogP contribution in [0.5, 0.6) is 0 Å². The predicted octanol–water partition coefficient (Wildman–Crippen LogP) is 4.35. The van der Waals surface area contributed by atoms with E-state index in [1.807, 2.05) is 37.3 Å². The van der Waals surface area contributed by atoms with Crippen molar-refractivity contribution in [3.05, 3.63) is 63.0 Å². The van der Waals surface area contributed by atoms with Crippen LogP contribution in [0.3, 0.4) is 0 Å². The van der Waals surface area contributed by atoms with Crippen molar-refractivity contribution in [3.8, 4) is 0 Å². The summed E-state index contributed by atoms with van der Waals surface area (Å²) < 4.78 is 14.3. The number of benzene rings is 2. The van der Waals surface area contributed by atoms with Crippen LogP contribution in [-0.2, 0) is 6.54 Å². The van der Waals surface area contributed by atoms with Gasteiger partial charge in [-0.05, 0) is 64.9 Å². The Morgan fingerprint density at radius 2 is 1.94 bits per heavy atom. The molecule has 17 heavy (non-hydrogen) atoms. The van der Waals surface area contributed by atoms with E-state index >= 15 is 0 Å². The summed E-state index contributed by atoms with van der Waals surface area (Å²) in [5.41, 5.74) is 3.17. The largest absolute Gasteiger partial charge is 0.380 e. The Morgan fingerprint density at radius 1 is 1.18 bits per heavy atom. The topological polar surface area (TPSA) is 12.0 Å². The molecule has 0 aliphatic carbocycles. The second-order valence-electron chi connectivity index (χ2n) is 3.90. The van der Waals surface area contributed by atoms with Crippen molar-refractivity contribution in [2.45, 2.75) is 13.5 Å².